The van der Waals surface area contributed by atoms with Crippen molar-refractivity contribution < 1.29 is 23.9 Å². The molecule has 0 unspecified atom stereocenters. The van der Waals surface area contributed by atoms with Gasteiger partial charge in [-0.05, 0) is 67.4 Å². The van der Waals surface area contributed by atoms with Crippen molar-refractivity contribution in [1.82, 2.24) is 0 Å². The summed E-state index contributed by atoms with van der Waals surface area (Å²) in [6, 6.07) is 20.3. The molecule has 2 N–H and O–H groups in total. The summed E-state index contributed by atoms with van der Waals surface area (Å²) in [6.07, 6.45) is 0.000766. The van der Waals surface area contributed by atoms with Gasteiger partial charge in [-0.3, -0.25) is 9.59 Å². The molecule has 8 heteroatoms. The quantitative estimate of drug-likeness (QED) is 0.328. The molecular formula is C25H23ClN2O5. The minimum atomic E-state index is -0.810. The predicted molar refractivity (Wildman–Crippen MR) is 127 cm³/mol. The van der Waals surface area contributed by atoms with E-state index in [9.17, 15) is 14.4 Å². The molecule has 0 atom stereocenters. The summed E-state index contributed by atoms with van der Waals surface area (Å²) in [7, 11) is 0. The highest BCUT2D eigenvalue weighted by Crippen LogP contribution is 2.23. The van der Waals surface area contributed by atoms with Crippen molar-refractivity contribution in [1.29, 1.82) is 0 Å². The largest absolute Gasteiger partial charge is 0.513 e. The number of benzene rings is 3. The van der Waals surface area contributed by atoms with E-state index in [2.05, 4.69) is 10.6 Å². The van der Waals surface area contributed by atoms with Gasteiger partial charge in [0.25, 0.3) is 5.91 Å². The number of halogens is 1. The first-order chi connectivity index (χ1) is 15.9. The molecule has 3 aromatic rings. The van der Waals surface area contributed by atoms with Crippen molar-refractivity contribution in [3.8, 4) is 5.75 Å². The zero-order chi connectivity index (χ0) is 23.6. The number of ether oxygens (including phenoxy) is 2. The maximum atomic E-state index is 12.7. The average molecular weight is 467 g/mol. The first-order valence-electron chi connectivity index (χ1n) is 10.3. The Labute approximate surface area is 196 Å². The summed E-state index contributed by atoms with van der Waals surface area (Å²) in [5.41, 5.74) is 2.28. The molecule has 0 bridgehead atoms. The Morgan fingerprint density at radius 3 is 2.24 bits per heavy atom. The van der Waals surface area contributed by atoms with Crippen molar-refractivity contribution in [2.75, 3.05) is 17.2 Å². The van der Waals surface area contributed by atoms with Crippen LogP contribution in [0.1, 0.15) is 29.3 Å². The standard InChI is InChI=1S/C25H23ClN2O5/c1-2-32-25(31)33-20-13-11-18(12-14-20)24(30)28-22-9-4-3-8-21(22)27-23(29)15-10-17-6-5-7-19(26)16-17/h3-9,11-14,16H,2,10,15H2,1H3,(H,27,29)(H,28,30). The van der Waals surface area contributed by atoms with Crippen LogP contribution >= 0.6 is 11.6 Å². The van der Waals surface area contributed by atoms with Crippen LogP contribution in [0.2, 0.25) is 5.02 Å². The highest BCUT2D eigenvalue weighted by atomic mass is 35.5. The maximum absolute atomic E-state index is 12.7. The second-order valence-corrected chi connectivity index (χ2v) is 7.42. The number of nitrogens with one attached hydrogen (secondary N) is 2. The summed E-state index contributed by atoms with van der Waals surface area (Å²) < 4.78 is 9.70. The molecule has 0 radical (unpaired) electrons. The molecule has 170 valence electrons. The molecule has 0 aliphatic rings. The van der Waals surface area contributed by atoms with E-state index in [4.69, 9.17) is 21.1 Å². The van der Waals surface area contributed by atoms with Crippen molar-refractivity contribution >= 4 is 40.9 Å². The summed E-state index contributed by atoms with van der Waals surface area (Å²) >= 11 is 5.98. The molecule has 7 nitrogen and oxygen atoms in total. The summed E-state index contributed by atoms with van der Waals surface area (Å²) in [5.74, 6) is -0.298. The monoisotopic (exact) mass is 466 g/mol. The number of hydrogen-bond acceptors (Lipinski definition) is 5. The van der Waals surface area contributed by atoms with Gasteiger partial charge < -0.3 is 20.1 Å². The van der Waals surface area contributed by atoms with Crippen molar-refractivity contribution in [2.45, 2.75) is 19.8 Å². The number of aryl methyl sites for hydroxylation is 1. The fraction of sp³-hybridized carbons (Fsp3) is 0.160. The molecule has 0 saturated carbocycles. The lowest BCUT2D eigenvalue weighted by molar-refractivity contribution is -0.116. The van der Waals surface area contributed by atoms with Crippen LogP contribution in [-0.4, -0.2) is 24.6 Å². The number of hydrogen-bond donors (Lipinski definition) is 2. The molecule has 2 amide bonds. The average Bonchev–Trinajstić information content (AvgIpc) is 2.80. The Hall–Kier alpha value is -3.84. The molecule has 0 spiro atoms. The van der Waals surface area contributed by atoms with Crippen LogP contribution < -0.4 is 15.4 Å². The van der Waals surface area contributed by atoms with Crippen LogP contribution in [-0.2, 0) is 16.0 Å². The SMILES string of the molecule is CCOC(=O)Oc1ccc(C(=O)Nc2ccccc2NC(=O)CCc2cccc(Cl)c2)cc1. The fourth-order valence-electron chi connectivity index (χ4n) is 2.98. The summed E-state index contributed by atoms with van der Waals surface area (Å²) in [4.78, 5) is 36.5. The third kappa shape index (κ3) is 7.36. The lowest BCUT2D eigenvalue weighted by Gasteiger charge is -2.13. The van der Waals surface area contributed by atoms with Crippen LogP contribution in [0.4, 0.5) is 16.2 Å². The van der Waals surface area contributed by atoms with Gasteiger partial charge >= 0.3 is 6.16 Å². The van der Waals surface area contributed by atoms with Crippen LogP contribution in [0, 0.1) is 0 Å². The second kappa shape index (κ2) is 11.7. The highest BCUT2D eigenvalue weighted by molar-refractivity contribution is 6.30. The Bertz CT molecular complexity index is 1130. The van der Waals surface area contributed by atoms with E-state index in [0.29, 0.717) is 28.4 Å². The van der Waals surface area contributed by atoms with Gasteiger partial charge in [0.1, 0.15) is 5.75 Å². The van der Waals surface area contributed by atoms with Gasteiger partial charge in [-0.2, -0.15) is 0 Å². The zero-order valence-electron chi connectivity index (χ0n) is 18.0. The van der Waals surface area contributed by atoms with Gasteiger partial charge in [0.15, 0.2) is 0 Å². The molecule has 3 rings (SSSR count). The van der Waals surface area contributed by atoms with E-state index < -0.39 is 6.16 Å². The molecule has 0 fully saturated rings. The number of para-hydroxylation sites is 2. The Kier molecular flexibility index (Phi) is 8.43. The Morgan fingerprint density at radius 1 is 0.879 bits per heavy atom. The van der Waals surface area contributed by atoms with E-state index >= 15 is 0 Å². The number of carbonyl (C=O) groups is 3. The molecule has 0 aliphatic carbocycles. The molecule has 0 aliphatic heterocycles. The van der Waals surface area contributed by atoms with Crippen LogP contribution in [0.5, 0.6) is 5.75 Å². The molecule has 33 heavy (non-hydrogen) atoms. The number of carbonyl (C=O) groups excluding carboxylic acids is 3. The van der Waals surface area contributed by atoms with Gasteiger partial charge in [-0.25, -0.2) is 4.79 Å². The smallest absolute Gasteiger partial charge is 0.434 e. The van der Waals surface area contributed by atoms with Gasteiger partial charge in [0.2, 0.25) is 5.91 Å². The Balaban J connectivity index is 1.59. The van der Waals surface area contributed by atoms with Gasteiger partial charge in [-0.15, -0.1) is 0 Å². The topological polar surface area (TPSA) is 93.7 Å². The van der Waals surface area contributed by atoms with Crippen LogP contribution in [0.15, 0.2) is 72.8 Å². The summed E-state index contributed by atoms with van der Waals surface area (Å²) in [5, 5.41) is 6.25. The minimum Gasteiger partial charge on any atom is -0.434 e. The number of amides is 2. The van der Waals surface area contributed by atoms with E-state index in [0.717, 1.165) is 5.56 Å². The summed E-state index contributed by atoms with van der Waals surface area (Å²) in [6.45, 7) is 1.88. The first-order valence-corrected chi connectivity index (χ1v) is 10.7. The second-order valence-electron chi connectivity index (χ2n) is 6.99. The van der Waals surface area contributed by atoms with Gasteiger partial charge in [0, 0.05) is 17.0 Å². The van der Waals surface area contributed by atoms with Crippen LogP contribution in [0.3, 0.4) is 0 Å². The van der Waals surface area contributed by atoms with E-state index in [1.54, 1.807) is 37.3 Å². The van der Waals surface area contributed by atoms with E-state index in [-0.39, 0.29) is 30.6 Å². The van der Waals surface area contributed by atoms with Crippen LogP contribution in [0.25, 0.3) is 0 Å². The number of anilines is 2. The van der Waals surface area contributed by atoms with Crippen molar-refractivity contribution in [2.24, 2.45) is 0 Å². The molecular weight excluding hydrogens is 444 g/mol. The normalized spacial score (nSPS) is 10.2. The fourth-order valence-corrected chi connectivity index (χ4v) is 3.19. The predicted octanol–water partition coefficient (Wildman–Crippen LogP) is 5.70. The lowest BCUT2D eigenvalue weighted by atomic mass is 10.1. The van der Waals surface area contributed by atoms with Crippen molar-refractivity contribution in [3.63, 3.8) is 0 Å². The molecule has 0 aromatic heterocycles. The van der Waals surface area contributed by atoms with Gasteiger partial charge in [0.05, 0.1) is 18.0 Å². The Morgan fingerprint density at radius 2 is 1.58 bits per heavy atom. The van der Waals surface area contributed by atoms with Gasteiger partial charge in [-0.1, -0.05) is 35.9 Å². The maximum Gasteiger partial charge on any atom is 0.513 e. The van der Waals surface area contributed by atoms with E-state index in [1.807, 2.05) is 18.2 Å². The molecule has 3 aromatic carbocycles. The van der Waals surface area contributed by atoms with E-state index in [1.165, 1.54) is 24.3 Å². The third-order valence-electron chi connectivity index (χ3n) is 4.56. The highest BCUT2D eigenvalue weighted by Gasteiger charge is 2.12. The molecule has 0 heterocycles. The number of rotatable bonds is 8. The molecule has 0 saturated heterocycles. The lowest BCUT2D eigenvalue weighted by Crippen LogP contribution is -2.17. The zero-order valence-corrected chi connectivity index (χ0v) is 18.7. The first kappa shape index (κ1) is 23.8. The third-order valence-corrected chi connectivity index (χ3v) is 4.79. The minimum absolute atomic E-state index is 0.183. The van der Waals surface area contributed by atoms with Crippen molar-refractivity contribution in [3.05, 3.63) is 88.9 Å².